The Morgan fingerprint density at radius 3 is 1.20 bits per heavy atom. The van der Waals surface area contributed by atoms with Crippen molar-refractivity contribution >= 4 is 80.9 Å². The predicted molar refractivity (Wildman–Crippen MR) is 430 cm³/mol. The Bertz CT molecular complexity index is 4090. The smallest absolute Gasteiger partial charge is 0.326 e. The number of rotatable bonds is 50. The summed E-state index contributed by atoms with van der Waals surface area (Å²) in [7, 11) is -4.00. The number of ether oxygens (including phenoxy) is 4. The number of nitrogens with one attached hydrogen (secondary N) is 2. The average Bonchev–Trinajstić information content (AvgIpc) is 1.51. The molecule has 3 aliphatic rings. The Labute approximate surface area is 672 Å². The normalized spacial score (nSPS) is 13.1. The van der Waals surface area contributed by atoms with Crippen molar-refractivity contribution in [3.63, 3.8) is 0 Å². The number of hydrogen-bond donors (Lipinski definition) is 7. The summed E-state index contributed by atoms with van der Waals surface area (Å²) in [6, 6.07) is 33.5. The molecule has 2 aliphatic heterocycles. The Morgan fingerprint density at radius 1 is 0.447 bits per heavy atom. The number of benzene rings is 5. The first kappa shape index (κ1) is 89.6. The third kappa shape index (κ3) is 29.8. The molecule has 9 amide bonds. The lowest BCUT2D eigenvalue weighted by Crippen LogP contribution is -2.53. The van der Waals surface area contributed by atoms with Gasteiger partial charge in [0.05, 0.1) is 50.7 Å². The van der Waals surface area contributed by atoms with Gasteiger partial charge in [-0.3, -0.25) is 43.2 Å². The van der Waals surface area contributed by atoms with Gasteiger partial charge >= 0.3 is 5.97 Å². The maximum atomic E-state index is 15.7. The Morgan fingerprint density at radius 2 is 0.807 bits per heavy atom. The number of sulfonamides is 1. The van der Waals surface area contributed by atoms with E-state index in [1.807, 2.05) is 66.9 Å². The van der Waals surface area contributed by atoms with Crippen LogP contribution in [-0.2, 0) is 90.3 Å². The number of unbranched alkanes of at least 4 members (excludes halogenated alkanes) is 3. The quantitative estimate of drug-likeness (QED) is 0.0275. The highest BCUT2D eigenvalue weighted by Gasteiger charge is 2.34. The molecule has 1 fully saturated rings. The second kappa shape index (κ2) is 47.1. The van der Waals surface area contributed by atoms with Crippen molar-refractivity contribution in [3.8, 4) is 23.0 Å². The van der Waals surface area contributed by atoms with Crippen LogP contribution in [0, 0.1) is 0 Å². The van der Waals surface area contributed by atoms with E-state index in [1.165, 1.54) is 63.1 Å². The number of carbonyl (C=O) groups is 10. The number of nitrogens with zero attached hydrogens (tertiary/aromatic N) is 8. The van der Waals surface area contributed by atoms with Gasteiger partial charge in [-0.15, -0.1) is 0 Å². The molecule has 11 N–H and O–H groups in total. The molecule has 8 rings (SSSR count). The van der Waals surface area contributed by atoms with Crippen LogP contribution in [-0.4, -0.2) is 267 Å². The van der Waals surface area contributed by atoms with E-state index in [0.717, 1.165) is 43.2 Å². The predicted octanol–water partition coefficient (Wildman–Crippen LogP) is 3.31. The number of thioether (sulfide) groups is 1. The number of nitrogens with two attached hydrogens (primary N) is 4. The van der Waals surface area contributed by atoms with Crippen molar-refractivity contribution in [1.82, 2.24) is 49.8 Å². The van der Waals surface area contributed by atoms with Gasteiger partial charge in [-0.05, 0) is 173 Å². The molecule has 114 heavy (non-hydrogen) atoms. The summed E-state index contributed by atoms with van der Waals surface area (Å²) in [5, 5.41) is 21.2. The lowest BCUT2D eigenvalue weighted by atomic mass is 9.95. The van der Waals surface area contributed by atoms with E-state index in [4.69, 9.17) is 41.3 Å². The van der Waals surface area contributed by atoms with Gasteiger partial charge in [0.2, 0.25) is 76.8 Å². The van der Waals surface area contributed by atoms with Crippen molar-refractivity contribution in [2.24, 2.45) is 22.3 Å². The van der Waals surface area contributed by atoms with Crippen molar-refractivity contribution in [2.45, 2.75) is 126 Å². The highest BCUT2D eigenvalue weighted by Crippen LogP contribution is 2.34. The molecule has 2 heterocycles. The third-order valence-electron chi connectivity index (χ3n) is 20.0. The first-order valence-electron chi connectivity index (χ1n) is 39.0. The molecule has 0 spiro atoms. The lowest BCUT2D eigenvalue weighted by molar-refractivity contribution is -0.149. The second-order valence-corrected chi connectivity index (χ2v) is 31.2. The Kier molecular flexibility index (Phi) is 37.0. The molecule has 0 saturated heterocycles. The van der Waals surface area contributed by atoms with Crippen LogP contribution < -0.4 is 51.9 Å². The minimum absolute atomic E-state index is 0.00667. The van der Waals surface area contributed by atoms with Crippen molar-refractivity contribution in [2.75, 3.05) is 143 Å². The standard InChI is InChI=1S/C81H112N14O17S2/c1-113-44-34-67(81(105)106)87-72(96)50-88(38-14-11-35-82)74(98)51-89(39-15-12-36-83)75(99)52-90(40-16-13-37-84)77(101)56-94(48-63-25-29-68-70(45-63)111-58-109-68)80(104)55-93(43-32-61-19-7-3-8-20-61)78(102)57-95(49-64-26-30-69-71(46-64)112-59-110-69)79(103)54-92(42-31-60-17-5-2-6-18-60)76(100)53-91(73(97)47-86-65-21-9-4-10-22-65)41-33-62-23-27-66(28-24-62)114(85,107)108/h2-3,5-8,17-20,23-30,45-46,65,67,86H,4,9-16,21-22,31-44,47-59,82-84H2,1H3,(H,87,96)(H,105,106)(H2,85,107,108). The summed E-state index contributed by atoms with van der Waals surface area (Å²) < 4.78 is 47.1. The molecule has 0 radical (unpaired) electrons. The fraction of sp³-hybridized carbons (Fsp3) is 0.506. The zero-order chi connectivity index (χ0) is 81.8. The van der Waals surface area contributed by atoms with Crippen LogP contribution in [0.15, 0.2) is 126 Å². The molecule has 31 nitrogen and oxygen atoms in total. The van der Waals surface area contributed by atoms with Gasteiger partial charge in [0.15, 0.2) is 23.0 Å². The van der Waals surface area contributed by atoms with E-state index in [0.29, 0.717) is 96.9 Å². The van der Waals surface area contributed by atoms with Crippen LogP contribution in [0.5, 0.6) is 23.0 Å². The van der Waals surface area contributed by atoms with Crippen molar-refractivity contribution < 1.29 is 80.4 Å². The number of carboxylic acids is 1. The van der Waals surface area contributed by atoms with Crippen LogP contribution in [0.1, 0.15) is 105 Å². The molecule has 1 aliphatic carbocycles. The van der Waals surface area contributed by atoms with Crippen LogP contribution >= 0.6 is 11.8 Å². The van der Waals surface area contributed by atoms with Gasteiger partial charge in [0.25, 0.3) is 0 Å². The number of aliphatic carboxylic acids is 1. The number of hydrogen-bond acceptors (Lipinski definition) is 21. The molecule has 1 unspecified atom stereocenters. The number of carbonyl (C=O) groups excluding carboxylic acids is 9. The largest absolute Gasteiger partial charge is 0.480 e. The summed E-state index contributed by atoms with van der Waals surface area (Å²) in [5.74, 6) is -4.71. The number of fused-ring (bicyclic) bond motifs is 2. The maximum Gasteiger partial charge on any atom is 0.326 e. The molecule has 33 heteroatoms. The lowest BCUT2D eigenvalue weighted by Gasteiger charge is -2.33. The van der Waals surface area contributed by atoms with Gasteiger partial charge in [0, 0.05) is 58.4 Å². The van der Waals surface area contributed by atoms with Crippen molar-refractivity contribution in [1.29, 1.82) is 0 Å². The molecule has 5 aromatic carbocycles. The summed E-state index contributed by atoms with van der Waals surface area (Å²) in [4.78, 5) is 157. The summed E-state index contributed by atoms with van der Waals surface area (Å²) in [6.07, 6.45) is 10.1. The minimum atomic E-state index is -4.00. The number of amides is 9. The van der Waals surface area contributed by atoms with Gasteiger partial charge in [0.1, 0.15) is 19.1 Å². The van der Waals surface area contributed by atoms with E-state index in [2.05, 4.69) is 10.6 Å². The van der Waals surface area contributed by atoms with Crippen LogP contribution in [0.4, 0.5) is 0 Å². The Balaban J connectivity index is 1.09. The topological polar surface area (TPSA) is 416 Å². The first-order chi connectivity index (χ1) is 55.0. The monoisotopic (exact) mass is 1620 g/mol. The van der Waals surface area contributed by atoms with Gasteiger partial charge in [-0.2, -0.15) is 11.8 Å². The van der Waals surface area contributed by atoms with Gasteiger partial charge in [-0.25, -0.2) is 18.4 Å². The van der Waals surface area contributed by atoms with E-state index in [9.17, 15) is 37.5 Å². The summed E-state index contributed by atoms with van der Waals surface area (Å²) in [6.45, 7) is -4.23. The molecular weight excluding hydrogens is 1510 g/mol. The Hall–Kier alpha value is -9.90. The molecule has 1 saturated carbocycles. The van der Waals surface area contributed by atoms with Gasteiger partial charge < -0.3 is 91.1 Å². The molecule has 0 bridgehead atoms. The van der Waals surface area contributed by atoms with E-state index < -0.39 is 122 Å². The average molecular weight is 1620 g/mol. The minimum Gasteiger partial charge on any atom is -0.480 e. The summed E-state index contributed by atoms with van der Waals surface area (Å²) in [5.41, 5.74) is 21.1. The molecule has 0 aromatic heterocycles. The van der Waals surface area contributed by atoms with E-state index >= 15 is 24.0 Å². The maximum absolute atomic E-state index is 15.7. The molecule has 620 valence electrons. The highest BCUT2D eigenvalue weighted by atomic mass is 32.2. The fourth-order valence-corrected chi connectivity index (χ4v) is 14.4. The van der Waals surface area contributed by atoms with Crippen molar-refractivity contribution in [3.05, 3.63) is 149 Å². The second-order valence-electron chi connectivity index (χ2n) is 28.6. The summed E-state index contributed by atoms with van der Waals surface area (Å²) >= 11 is 1.41. The zero-order valence-electron chi connectivity index (χ0n) is 65.3. The molecule has 1 atom stereocenters. The van der Waals surface area contributed by atoms with Crippen LogP contribution in [0.25, 0.3) is 0 Å². The van der Waals surface area contributed by atoms with Crippen LogP contribution in [0.3, 0.4) is 0 Å². The zero-order valence-corrected chi connectivity index (χ0v) is 66.9. The van der Waals surface area contributed by atoms with E-state index in [1.54, 1.807) is 48.5 Å². The number of carboxylic acid groups (broad SMARTS) is 1. The van der Waals surface area contributed by atoms with Gasteiger partial charge in [-0.1, -0.05) is 104 Å². The van der Waals surface area contributed by atoms with Crippen LogP contribution in [0.2, 0.25) is 0 Å². The third-order valence-corrected chi connectivity index (χ3v) is 21.6. The molecular formula is C81H112N14O17S2. The highest BCUT2D eigenvalue weighted by molar-refractivity contribution is 7.98. The fourth-order valence-electron chi connectivity index (χ4n) is 13.4. The SMILES string of the molecule is CSCCC(NC(=O)CN(CCCCN)C(=O)CN(CCCCN)C(=O)CN(CCCCN)C(=O)CN(Cc1ccc2c(c1)OCO2)C(=O)CN(CCc1ccccc1)C(=O)CN(Cc1ccc2c(c1)OCO2)C(=O)CN(CCc1ccccc1)C(=O)CN(CCc1ccc(S(N)(=O)=O)cc1)C(=O)CNC1CCCCC1)C(=O)O. The van der Waals surface area contributed by atoms with E-state index in [-0.39, 0.29) is 122 Å². The number of primary sulfonamides is 1. The molecule has 5 aromatic rings. The first-order valence-corrected chi connectivity index (χ1v) is 42.0.